The van der Waals surface area contributed by atoms with Crippen LogP contribution in [0, 0.1) is 5.82 Å². The number of likely N-dealkylation sites (N-methyl/N-ethyl adjacent to an activating group) is 1. The molecule has 1 aromatic carbocycles. The summed E-state index contributed by atoms with van der Waals surface area (Å²) in [6.45, 7) is 8.60. The van der Waals surface area contributed by atoms with Gasteiger partial charge in [-0.3, -0.25) is 19.4 Å². The Hall–Kier alpha value is -1.99. The van der Waals surface area contributed by atoms with Crippen LogP contribution in [0.3, 0.4) is 0 Å². The van der Waals surface area contributed by atoms with Gasteiger partial charge in [-0.05, 0) is 31.0 Å². The van der Waals surface area contributed by atoms with E-state index in [9.17, 15) is 14.0 Å². The maximum Gasteiger partial charge on any atom is 0.239 e. The van der Waals surface area contributed by atoms with Crippen LogP contribution in [0.2, 0.25) is 0 Å². The van der Waals surface area contributed by atoms with E-state index in [4.69, 9.17) is 0 Å². The topological polar surface area (TPSA) is 55.9 Å². The monoisotopic (exact) mass is 392 g/mol. The van der Waals surface area contributed by atoms with Crippen molar-refractivity contribution in [2.45, 2.75) is 39.3 Å². The molecule has 0 saturated carbocycles. The summed E-state index contributed by atoms with van der Waals surface area (Å²) >= 11 is 0. The van der Waals surface area contributed by atoms with Crippen LogP contribution >= 0.6 is 0 Å². The maximum atomic E-state index is 13.3. The van der Waals surface area contributed by atoms with Gasteiger partial charge in [0.2, 0.25) is 11.8 Å². The minimum atomic E-state index is -0.291. The van der Waals surface area contributed by atoms with Crippen LogP contribution in [0.15, 0.2) is 24.3 Å². The van der Waals surface area contributed by atoms with Crippen LogP contribution < -0.4 is 5.32 Å². The molecular formula is C21H33FN4O2. The number of rotatable bonds is 9. The zero-order valence-corrected chi connectivity index (χ0v) is 17.3. The molecule has 0 aliphatic carbocycles. The van der Waals surface area contributed by atoms with Gasteiger partial charge in [0.1, 0.15) is 5.82 Å². The van der Waals surface area contributed by atoms with Gasteiger partial charge >= 0.3 is 0 Å². The van der Waals surface area contributed by atoms with Gasteiger partial charge in [-0.15, -0.1) is 0 Å². The van der Waals surface area contributed by atoms with Crippen molar-refractivity contribution in [3.8, 4) is 0 Å². The molecule has 0 aromatic heterocycles. The maximum absolute atomic E-state index is 13.3. The van der Waals surface area contributed by atoms with E-state index in [2.05, 4.69) is 22.0 Å². The molecule has 1 aliphatic rings. The largest absolute Gasteiger partial charge is 0.355 e. The number of nitrogens with one attached hydrogen (secondary N) is 1. The number of piperazine rings is 1. The fourth-order valence-electron chi connectivity index (χ4n) is 3.43. The van der Waals surface area contributed by atoms with Crippen molar-refractivity contribution in [1.82, 2.24) is 20.0 Å². The first-order valence-electron chi connectivity index (χ1n) is 10.1. The fourth-order valence-corrected chi connectivity index (χ4v) is 3.43. The van der Waals surface area contributed by atoms with Crippen LogP contribution in [0.1, 0.15) is 32.3 Å². The first kappa shape index (κ1) is 22.3. The highest BCUT2D eigenvalue weighted by Crippen LogP contribution is 2.11. The molecule has 1 heterocycles. The highest BCUT2D eigenvalue weighted by molar-refractivity contribution is 5.81. The molecular weight excluding hydrogens is 359 g/mol. The summed E-state index contributed by atoms with van der Waals surface area (Å²) in [5, 5.41) is 2.94. The average Bonchev–Trinajstić information content (AvgIpc) is 2.67. The molecule has 6 nitrogen and oxygen atoms in total. The van der Waals surface area contributed by atoms with E-state index < -0.39 is 0 Å². The molecule has 2 amide bonds. The third-order valence-electron chi connectivity index (χ3n) is 5.22. The van der Waals surface area contributed by atoms with E-state index in [-0.39, 0.29) is 23.7 Å². The normalized spacial score (nSPS) is 16.6. The molecule has 28 heavy (non-hydrogen) atoms. The number of unbranched alkanes of at least 4 members (excludes halogenated alkanes) is 1. The van der Waals surface area contributed by atoms with Crippen molar-refractivity contribution >= 4 is 11.8 Å². The van der Waals surface area contributed by atoms with Crippen LogP contribution in [-0.4, -0.2) is 78.9 Å². The highest BCUT2D eigenvalue weighted by Gasteiger charge is 2.28. The third kappa shape index (κ3) is 6.87. The summed E-state index contributed by atoms with van der Waals surface area (Å²) in [6.07, 6.45) is 2.07. The summed E-state index contributed by atoms with van der Waals surface area (Å²) in [7, 11) is 1.75. The Balaban J connectivity index is 1.76. The molecule has 1 N–H and O–H groups in total. The lowest BCUT2D eigenvalue weighted by Gasteiger charge is -2.38. The zero-order chi connectivity index (χ0) is 20.5. The van der Waals surface area contributed by atoms with E-state index in [1.54, 1.807) is 18.0 Å². The second kappa shape index (κ2) is 11.1. The molecule has 1 atom stereocenters. The van der Waals surface area contributed by atoms with Gasteiger partial charge in [-0.1, -0.05) is 25.5 Å². The van der Waals surface area contributed by atoms with Gasteiger partial charge in [0, 0.05) is 46.3 Å². The van der Waals surface area contributed by atoms with E-state index in [1.807, 2.05) is 13.0 Å². The van der Waals surface area contributed by atoms with Crippen molar-refractivity contribution in [3.63, 3.8) is 0 Å². The SMILES string of the molecule is CCCCNC(=O)CN1CCN(C(C)C(=O)N(C)Cc2cccc(F)c2)CC1. The second-order valence-corrected chi connectivity index (χ2v) is 7.52. The van der Waals surface area contributed by atoms with Crippen molar-refractivity contribution in [3.05, 3.63) is 35.6 Å². The number of halogens is 1. The summed E-state index contributed by atoms with van der Waals surface area (Å²) in [5.74, 6) is -0.197. The summed E-state index contributed by atoms with van der Waals surface area (Å²) < 4.78 is 13.3. The van der Waals surface area contributed by atoms with Crippen molar-refractivity contribution < 1.29 is 14.0 Å². The minimum Gasteiger partial charge on any atom is -0.355 e. The summed E-state index contributed by atoms with van der Waals surface area (Å²) in [4.78, 5) is 30.6. The number of hydrogen-bond donors (Lipinski definition) is 1. The molecule has 1 fully saturated rings. The van der Waals surface area contributed by atoms with E-state index in [0.717, 1.165) is 51.1 Å². The number of hydrogen-bond acceptors (Lipinski definition) is 4. The molecule has 156 valence electrons. The number of carbonyl (C=O) groups excluding carboxylic acids is 2. The lowest BCUT2D eigenvalue weighted by molar-refractivity contribution is -0.136. The molecule has 0 radical (unpaired) electrons. The Morgan fingerprint density at radius 2 is 1.96 bits per heavy atom. The molecule has 1 aliphatic heterocycles. The predicted octanol–water partition coefficient (Wildman–Crippen LogP) is 1.71. The Morgan fingerprint density at radius 1 is 1.25 bits per heavy atom. The molecule has 0 bridgehead atoms. The first-order chi connectivity index (χ1) is 13.4. The Morgan fingerprint density at radius 3 is 2.61 bits per heavy atom. The fraction of sp³-hybridized carbons (Fsp3) is 0.619. The summed E-state index contributed by atoms with van der Waals surface area (Å²) in [6, 6.07) is 6.10. The van der Waals surface area contributed by atoms with Crippen LogP contribution in [0.4, 0.5) is 4.39 Å². The molecule has 7 heteroatoms. The highest BCUT2D eigenvalue weighted by atomic mass is 19.1. The first-order valence-corrected chi connectivity index (χ1v) is 10.1. The average molecular weight is 393 g/mol. The number of amides is 2. The van der Waals surface area contributed by atoms with Gasteiger partial charge in [0.25, 0.3) is 0 Å². The lowest BCUT2D eigenvalue weighted by Crippen LogP contribution is -2.55. The Labute approximate surface area is 167 Å². The molecule has 1 saturated heterocycles. The van der Waals surface area contributed by atoms with E-state index >= 15 is 0 Å². The summed E-state index contributed by atoms with van der Waals surface area (Å²) in [5.41, 5.74) is 0.780. The van der Waals surface area contributed by atoms with Crippen LogP contribution in [-0.2, 0) is 16.1 Å². The Bertz CT molecular complexity index is 647. The van der Waals surface area contributed by atoms with Crippen LogP contribution in [0.5, 0.6) is 0 Å². The molecule has 0 spiro atoms. The smallest absolute Gasteiger partial charge is 0.239 e. The second-order valence-electron chi connectivity index (χ2n) is 7.52. The number of nitrogens with zero attached hydrogens (tertiary/aromatic N) is 3. The Kier molecular flexibility index (Phi) is 8.86. The van der Waals surface area contributed by atoms with E-state index in [0.29, 0.717) is 13.1 Å². The minimum absolute atomic E-state index is 0.0232. The van der Waals surface area contributed by atoms with Crippen molar-refractivity contribution in [2.24, 2.45) is 0 Å². The van der Waals surface area contributed by atoms with Crippen molar-refractivity contribution in [2.75, 3.05) is 46.3 Å². The van der Waals surface area contributed by atoms with Gasteiger partial charge in [0.05, 0.1) is 12.6 Å². The quantitative estimate of drug-likeness (QED) is 0.650. The van der Waals surface area contributed by atoms with Gasteiger partial charge in [-0.2, -0.15) is 0 Å². The van der Waals surface area contributed by atoms with Crippen molar-refractivity contribution in [1.29, 1.82) is 0 Å². The van der Waals surface area contributed by atoms with Gasteiger partial charge < -0.3 is 10.2 Å². The molecule has 1 unspecified atom stereocenters. The van der Waals surface area contributed by atoms with Gasteiger partial charge in [-0.25, -0.2) is 4.39 Å². The predicted molar refractivity (Wildman–Crippen MR) is 108 cm³/mol. The van der Waals surface area contributed by atoms with Crippen LogP contribution in [0.25, 0.3) is 0 Å². The number of benzene rings is 1. The third-order valence-corrected chi connectivity index (χ3v) is 5.22. The number of carbonyl (C=O) groups is 2. The van der Waals surface area contributed by atoms with E-state index in [1.165, 1.54) is 12.1 Å². The standard InChI is InChI=1S/C21H33FN4O2/c1-4-5-9-23-20(27)16-25-10-12-26(13-11-25)17(2)21(28)24(3)15-18-7-6-8-19(22)14-18/h6-8,14,17H,4-5,9-13,15-16H2,1-3H3,(H,23,27). The zero-order valence-electron chi connectivity index (χ0n) is 17.3. The molecule has 1 aromatic rings. The molecule has 2 rings (SSSR count). The van der Waals surface area contributed by atoms with Gasteiger partial charge in [0.15, 0.2) is 0 Å². The lowest BCUT2D eigenvalue weighted by atomic mass is 10.1.